The van der Waals surface area contributed by atoms with Crippen molar-refractivity contribution in [1.29, 1.82) is 0 Å². The van der Waals surface area contributed by atoms with Gasteiger partial charge in [-0.1, -0.05) is 57.4 Å². The summed E-state index contributed by atoms with van der Waals surface area (Å²) in [5.41, 5.74) is 2.07. The average Bonchev–Trinajstić information content (AvgIpc) is 2.86. The summed E-state index contributed by atoms with van der Waals surface area (Å²) in [6.45, 7) is 6.82. The van der Waals surface area contributed by atoms with Crippen LogP contribution in [0.25, 0.3) is 0 Å². The summed E-state index contributed by atoms with van der Waals surface area (Å²) in [4.78, 5) is 28.2. The van der Waals surface area contributed by atoms with Gasteiger partial charge in [0.25, 0.3) is 10.0 Å². The summed E-state index contributed by atoms with van der Waals surface area (Å²) in [5, 5.41) is 3.24. The van der Waals surface area contributed by atoms with E-state index >= 15 is 0 Å². The van der Waals surface area contributed by atoms with Crippen molar-refractivity contribution in [2.24, 2.45) is 0 Å². The highest BCUT2D eigenvalue weighted by atomic mass is 79.9. The Kier molecular flexibility index (Phi) is 9.98. The van der Waals surface area contributed by atoms with E-state index in [4.69, 9.17) is 11.6 Å². The predicted octanol–water partition coefficient (Wildman–Crippen LogP) is 5.55. The fourth-order valence-electron chi connectivity index (χ4n) is 3.79. The molecule has 1 atom stereocenters. The van der Waals surface area contributed by atoms with E-state index in [1.165, 1.54) is 29.2 Å². The lowest BCUT2D eigenvalue weighted by Crippen LogP contribution is -2.52. The Labute approximate surface area is 238 Å². The maximum atomic E-state index is 13.9. The molecule has 0 fully saturated rings. The molecule has 0 radical (unpaired) electrons. The Morgan fingerprint density at radius 3 is 2.18 bits per heavy atom. The topological polar surface area (TPSA) is 86.8 Å². The molecule has 202 valence electrons. The zero-order chi connectivity index (χ0) is 28.0. The second kappa shape index (κ2) is 12.8. The summed E-state index contributed by atoms with van der Waals surface area (Å²) < 4.78 is 29.4. The highest BCUT2D eigenvalue weighted by Crippen LogP contribution is 2.26. The van der Waals surface area contributed by atoms with Gasteiger partial charge in [0.15, 0.2) is 0 Å². The molecule has 7 nitrogen and oxygen atoms in total. The first-order valence-electron chi connectivity index (χ1n) is 12.1. The molecule has 0 aliphatic carbocycles. The number of carbonyl (C=O) groups is 2. The molecule has 1 N–H and O–H groups in total. The van der Waals surface area contributed by atoms with Gasteiger partial charge in [-0.05, 0) is 81.8 Å². The molecule has 3 aromatic carbocycles. The minimum absolute atomic E-state index is 0.000542. The van der Waals surface area contributed by atoms with Gasteiger partial charge in [0.1, 0.15) is 12.6 Å². The van der Waals surface area contributed by atoms with E-state index in [0.717, 1.165) is 19.9 Å². The monoisotopic (exact) mass is 619 g/mol. The zero-order valence-corrected chi connectivity index (χ0v) is 24.8. The van der Waals surface area contributed by atoms with Gasteiger partial charge in [-0.15, -0.1) is 0 Å². The summed E-state index contributed by atoms with van der Waals surface area (Å²) in [6, 6.07) is 19.1. The number of aryl methyl sites for hydroxylation is 1. The van der Waals surface area contributed by atoms with Crippen LogP contribution in [-0.2, 0) is 26.2 Å². The van der Waals surface area contributed by atoms with Crippen LogP contribution in [-0.4, -0.2) is 43.8 Å². The van der Waals surface area contributed by atoms with Crippen molar-refractivity contribution >= 4 is 55.1 Å². The van der Waals surface area contributed by atoms with Crippen LogP contribution < -0.4 is 9.62 Å². The Balaban J connectivity index is 2.02. The van der Waals surface area contributed by atoms with Crippen LogP contribution in [0.5, 0.6) is 0 Å². The van der Waals surface area contributed by atoms with E-state index in [1.807, 2.05) is 45.0 Å². The first-order valence-corrected chi connectivity index (χ1v) is 14.7. The van der Waals surface area contributed by atoms with E-state index in [1.54, 1.807) is 31.2 Å². The normalized spacial score (nSPS) is 12.2. The molecular formula is C28H31BrClN3O4S. The lowest BCUT2D eigenvalue weighted by molar-refractivity contribution is -0.139. The fraction of sp³-hybridized carbons (Fsp3) is 0.286. The van der Waals surface area contributed by atoms with Crippen molar-refractivity contribution in [3.05, 3.63) is 93.4 Å². The number of hydrogen-bond donors (Lipinski definition) is 1. The van der Waals surface area contributed by atoms with Crippen LogP contribution in [0, 0.1) is 6.92 Å². The second-order valence-electron chi connectivity index (χ2n) is 9.29. The van der Waals surface area contributed by atoms with Crippen molar-refractivity contribution in [3.8, 4) is 0 Å². The number of hydrogen-bond acceptors (Lipinski definition) is 4. The molecule has 0 aliphatic heterocycles. The molecular weight excluding hydrogens is 590 g/mol. The molecule has 3 rings (SSSR count). The molecule has 0 aromatic heterocycles. The Bertz CT molecular complexity index is 1380. The molecule has 0 aliphatic rings. The Hall–Kier alpha value is -2.88. The molecule has 3 aromatic rings. The molecule has 0 heterocycles. The zero-order valence-electron chi connectivity index (χ0n) is 21.7. The SMILES string of the molecule is Cc1ccc(N(CC(=O)N(Cc2cccc(Br)c2)C(C)C(=O)NC(C)C)S(=O)(=O)c2ccc(Cl)cc2)cc1. The number of nitrogens with one attached hydrogen (secondary N) is 1. The highest BCUT2D eigenvalue weighted by molar-refractivity contribution is 9.10. The van der Waals surface area contributed by atoms with Crippen molar-refractivity contribution in [2.75, 3.05) is 10.8 Å². The van der Waals surface area contributed by atoms with Crippen LogP contribution >= 0.6 is 27.5 Å². The van der Waals surface area contributed by atoms with Gasteiger partial charge < -0.3 is 10.2 Å². The fourth-order valence-corrected chi connectivity index (χ4v) is 5.78. The molecule has 0 bridgehead atoms. The molecule has 0 spiro atoms. The van der Waals surface area contributed by atoms with Crippen molar-refractivity contribution in [2.45, 2.75) is 51.2 Å². The number of rotatable bonds is 10. The first kappa shape index (κ1) is 29.7. The van der Waals surface area contributed by atoms with Gasteiger partial charge >= 0.3 is 0 Å². The van der Waals surface area contributed by atoms with Crippen molar-refractivity contribution in [3.63, 3.8) is 0 Å². The number of carbonyl (C=O) groups excluding carboxylic acids is 2. The summed E-state index contributed by atoms with van der Waals surface area (Å²) in [6.07, 6.45) is 0. The number of halogens is 2. The van der Waals surface area contributed by atoms with Gasteiger partial charge in [0.2, 0.25) is 11.8 Å². The number of nitrogens with zero attached hydrogens (tertiary/aromatic N) is 2. The Morgan fingerprint density at radius 2 is 1.61 bits per heavy atom. The van der Waals surface area contributed by atoms with E-state index < -0.39 is 28.5 Å². The standard InChI is InChI=1S/C28H31BrClN3O4S/c1-19(2)31-28(35)21(4)32(17-22-6-5-7-23(29)16-22)27(34)18-33(25-12-8-20(3)9-13-25)38(36,37)26-14-10-24(30)11-15-26/h5-16,19,21H,17-18H2,1-4H3,(H,31,35). The van der Waals surface area contributed by atoms with E-state index in [-0.39, 0.29) is 23.4 Å². The van der Waals surface area contributed by atoms with E-state index in [9.17, 15) is 18.0 Å². The van der Waals surface area contributed by atoms with Gasteiger partial charge in [-0.2, -0.15) is 0 Å². The van der Waals surface area contributed by atoms with Gasteiger partial charge in [-0.25, -0.2) is 8.42 Å². The molecule has 0 saturated heterocycles. The third-order valence-electron chi connectivity index (χ3n) is 5.84. The third-order valence-corrected chi connectivity index (χ3v) is 8.38. The van der Waals surface area contributed by atoms with Crippen LogP contribution in [0.3, 0.4) is 0 Å². The smallest absolute Gasteiger partial charge is 0.264 e. The summed E-state index contributed by atoms with van der Waals surface area (Å²) in [5.74, 6) is -0.847. The minimum Gasteiger partial charge on any atom is -0.352 e. The summed E-state index contributed by atoms with van der Waals surface area (Å²) in [7, 11) is -4.14. The maximum Gasteiger partial charge on any atom is 0.264 e. The van der Waals surface area contributed by atoms with E-state index in [2.05, 4.69) is 21.2 Å². The van der Waals surface area contributed by atoms with Gasteiger partial charge in [-0.3, -0.25) is 13.9 Å². The van der Waals surface area contributed by atoms with Crippen molar-refractivity contribution in [1.82, 2.24) is 10.2 Å². The lowest BCUT2D eigenvalue weighted by Gasteiger charge is -2.32. The molecule has 0 saturated carbocycles. The third kappa shape index (κ3) is 7.58. The Morgan fingerprint density at radius 1 is 0.974 bits per heavy atom. The highest BCUT2D eigenvalue weighted by Gasteiger charge is 2.32. The molecule has 38 heavy (non-hydrogen) atoms. The molecule has 10 heteroatoms. The number of benzene rings is 3. The van der Waals surface area contributed by atoms with Gasteiger partial charge in [0, 0.05) is 22.1 Å². The van der Waals surface area contributed by atoms with Crippen LogP contribution in [0.4, 0.5) is 5.69 Å². The van der Waals surface area contributed by atoms with Crippen LogP contribution in [0.15, 0.2) is 82.2 Å². The van der Waals surface area contributed by atoms with Crippen LogP contribution in [0.1, 0.15) is 31.9 Å². The van der Waals surface area contributed by atoms with Crippen molar-refractivity contribution < 1.29 is 18.0 Å². The largest absolute Gasteiger partial charge is 0.352 e. The van der Waals surface area contributed by atoms with E-state index in [0.29, 0.717) is 10.7 Å². The number of sulfonamides is 1. The molecule has 2 amide bonds. The number of anilines is 1. The number of amides is 2. The summed E-state index contributed by atoms with van der Waals surface area (Å²) >= 11 is 9.42. The van der Waals surface area contributed by atoms with Gasteiger partial charge in [0.05, 0.1) is 10.6 Å². The lowest BCUT2D eigenvalue weighted by atomic mass is 10.1. The second-order valence-corrected chi connectivity index (χ2v) is 12.5. The molecule has 1 unspecified atom stereocenters. The predicted molar refractivity (Wildman–Crippen MR) is 155 cm³/mol. The first-order chi connectivity index (χ1) is 17.9. The average molecular weight is 621 g/mol. The quantitative estimate of drug-likeness (QED) is 0.322. The van der Waals surface area contributed by atoms with Crippen LogP contribution in [0.2, 0.25) is 5.02 Å². The minimum atomic E-state index is -4.14. The maximum absolute atomic E-state index is 13.9.